The minimum absolute atomic E-state index is 0.205. The lowest BCUT2D eigenvalue weighted by Gasteiger charge is -2.34. The van der Waals surface area contributed by atoms with E-state index >= 15 is 0 Å². The van der Waals surface area contributed by atoms with Crippen LogP contribution >= 0.6 is 0 Å². The predicted octanol–water partition coefficient (Wildman–Crippen LogP) is 2.66. The summed E-state index contributed by atoms with van der Waals surface area (Å²) in [6.45, 7) is 5.54. The van der Waals surface area contributed by atoms with Gasteiger partial charge in [0.15, 0.2) is 0 Å². The molecule has 0 radical (unpaired) electrons. The molecule has 23 heavy (non-hydrogen) atoms. The van der Waals surface area contributed by atoms with E-state index in [0.29, 0.717) is 23.9 Å². The van der Waals surface area contributed by atoms with Crippen molar-refractivity contribution in [3.63, 3.8) is 0 Å². The molecule has 1 aromatic heterocycles. The Kier molecular flexibility index (Phi) is 4.10. The SMILES string of the molecule is CCN1CCC[C@@H]1[C@@H]1CCCN1C(=O)[C@@H]1C[C@H]1c1cccnc1. The van der Waals surface area contributed by atoms with E-state index in [2.05, 4.69) is 27.8 Å². The summed E-state index contributed by atoms with van der Waals surface area (Å²) in [7, 11) is 0. The van der Waals surface area contributed by atoms with Crippen LogP contribution in [0.1, 0.15) is 50.5 Å². The van der Waals surface area contributed by atoms with E-state index in [1.165, 1.54) is 37.8 Å². The molecule has 4 atom stereocenters. The van der Waals surface area contributed by atoms with Crippen LogP contribution in [0, 0.1) is 5.92 Å². The maximum atomic E-state index is 13.0. The second-order valence-electron chi connectivity index (χ2n) is 7.31. The first-order valence-corrected chi connectivity index (χ1v) is 9.24. The summed E-state index contributed by atoms with van der Waals surface area (Å²) in [6.07, 6.45) is 9.66. The number of pyridine rings is 1. The van der Waals surface area contributed by atoms with E-state index < -0.39 is 0 Å². The molecule has 4 nitrogen and oxygen atoms in total. The molecule has 3 fully saturated rings. The summed E-state index contributed by atoms with van der Waals surface area (Å²) in [5, 5.41) is 0. The number of carbonyl (C=O) groups excluding carboxylic acids is 1. The van der Waals surface area contributed by atoms with Gasteiger partial charge in [0.2, 0.25) is 5.91 Å². The van der Waals surface area contributed by atoms with Gasteiger partial charge in [-0.1, -0.05) is 13.0 Å². The maximum Gasteiger partial charge on any atom is 0.226 e. The number of hydrogen-bond acceptors (Lipinski definition) is 3. The van der Waals surface area contributed by atoms with Gasteiger partial charge in [-0.25, -0.2) is 0 Å². The third-order valence-corrected chi connectivity index (χ3v) is 6.07. The van der Waals surface area contributed by atoms with Crippen molar-refractivity contribution in [2.24, 2.45) is 5.92 Å². The van der Waals surface area contributed by atoms with Gasteiger partial charge in [0.25, 0.3) is 0 Å². The monoisotopic (exact) mass is 313 g/mol. The van der Waals surface area contributed by atoms with Crippen molar-refractivity contribution in [1.82, 2.24) is 14.8 Å². The number of likely N-dealkylation sites (tertiary alicyclic amines) is 2. The third-order valence-electron chi connectivity index (χ3n) is 6.07. The molecule has 1 aromatic rings. The van der Waals surface area contributed by atoms with Crippen molar-refractivity contribution in [1.29, 1.82) is 0 Å². The van der Waals surface area contributed by atoms with Gasteiger partial charge in [-0.2, -0.15) is 0 Å². The van der Waals surface area contributed by atoms with Crippen molar-refractivity contribution in [3.05, 3.63) is 30.1 Å². The molecule has 1 saturated carbocycles. The maximum absolute atomic E-state index is 13.0. The van der Waals surface area contributed by atoms with E-state index in [-0.39, 0.29) is 5.92 Å². The van der Waals surface area contributed by atoms with E-state index in [1.54, 1.807) is 6.20 Å². The summed E-state index contributed by atoms with van der Waals surface area (Å²) >= 11 is 0. The van der Waals surface area contributed by atoms with E-state index in [4.69, 9.17) is 0 Å². The van der Waals surface area contributed by atoms with Crippen LogP contribution < -0.4 is 0 Å². The Bertz CT molecular complexity index is 561. The first-order chi connectivity index (χ1) is 11.3. The Balaban J connectivity index is 1.44. The van der Waals surface area contributed by atoms with Crippen LogP contribution in [0.3, 0.4) is 0 Å². The van der Waals surface area contributed by atoms with Crippen LogP contribution in [-0.2, 0) is 4.79 Å². The normalized spacial score (nSPS) is 34.0. The van der Waals surface area contributed by atoms with Gasteiger partial charge in [0.1, 0.15) is 0 Å². The molecule has 2 aliphatic heterocycles. The number of carbonyl (C=O) groups is 1. The molecule has 0 unspecified atom stereocenters. The molecule has 0 aromatic carbocycles. The number of nitrogens with zero attached hydrogens (tertiary/aromatic N) is 3. The summed E-state index contributed by atoms with van der Waals surface area (Å²) in [5.74, 6) is 1.02. The smallest absolute Gasteiger partial charge is 0.226 e. The standard InChI is InChI=1S/C19H27N3O/c1-2-21-10-4-7-17(21)18-8-5-11-22(18)19(23)16-12-15(16)14-6-3-9-20-13-14/h3,6,9,13,15-18H,2,4-5,7-8,10-12H2,1H3/t15-,16+,17+,18-/m0/s1. The van der Waals surface area contributed by atoms with Crippen LogP contribution in [0.4, 0.5) is 0 Å². The van der Waals surface area contributed by atoms with E-state index in [9.17, 15) is 4.79 Å². The molecule has 124 valence electrons. The highest BCUT2D eigenvalue weighted by atomic mass is 16.2. The summed E-state index contributed by atoms with van der Waals surface area (Å²) in [4.78, 5) is 22.1. The van der Waals surface area contributed by atoms with Crippen LogP contribution in [0.15, 0.2) is 24.5 Å². The fourth-order valence-electron chi connectivity index (χ4n) is 4.79. The van der Waals surface area contributed by atoms with Crippen molar-refractivity contribution >= 4 is 5.91 Å². The average molecular weight is 313 g/mol. The van der Waals surface area contributed by atoms with Gasteiger partial charge in [0.05, 0.1) is 0 Å². The molecule has 0 bridgehead atoms. The number of rotatable bonds is 4. The molecule has 3 aliphatic rings. The zero-order chi connectivity index (χ0) is 15.8. The van der Waals surface area contributed by atoms with Crippen molar-refractivity contribution in [2.75, 3.05) is 19.6 Å². The number of hydrogen-bond donors (Lipinski definition) is 0. The van der Waals surface area contributed by atoms with E-state index in [0.717, 1.165) is 19.5 Å². The molecule has 0 spiro atoms. The lowest BCUT2D eigenvalue weighted by molar-refractivity contribution is -0.134. The highest BCUT2D eigenvalue weighted by Crippen LogP contribution is 2.49. The molecule has 1 amide bonds. The highest BCUT2D eigenvalue weighted by Gasteiger charge is 2.49. The second kappa shape index (κ2) is 6.23. The average Bonchev–Trinajstić information content (AvgIpc) is 3.02. The Morgan fingerprint density at radius 2 is 2.09 bits per heavy atom. The summed E-state index contributed by atoms with van der Waals surface area (Å²) in [6, 6.07) is 5.15. The molecule has 0 N–H and O–H groups in total. The Labute approximate surface area is 138 Å². The van der Waals surface area contributed by atoms with Crippen molar-refractivity contribution in [3.8, 4) is 0 Å². The van der Waals surface area contributed by atoms with Gasteiger partial charge in [-0.05, 0) is 62.7 Å². The van der Waals surface area contributed by atoms with Crippen molar-refractivity contribution in [2.45, 2.75) is 57.0 Å². The number of amides is 1. The topological polar surface area (TPSA) is 36.4 Å². The lowest BCUT2D eigenvalue weighted by Crippen LogP contribution is -2.48. The fraction of sp³-hybridized carbons (Fsp3) is 0.684. The van der Waals surface area contributed by atoms with Gasteiger partial charge in [-0.15, -0.1) is 0 Å². The van der Waals surface area contributed by atoms with Crippen molar-refractivity contribution < 1.29 is 4.79 Å². The van der Waals surface area contributed by atoms with Crippen LogP contribution in [0.5, 0.6) is 0 Å². The molecular weight excluding hydrogens is 286 g/mol. The number of likely N-dealkylation sites (N-methyl/N-ethyl adjacent to an activating group) is 1. The molecule has 4 rings (SSSR count). The first-order valence-electron chi connectivity index (χ1n) is 9.24. The largest absolute Gasteiger partial charge is 0.338 e. The lowest BCUT2D eigenvalue weighted by atomic mass is 10.0. The zero-order valence-corrected chi connectivity index (χ0v) is 14.0. The fourth-order valence-corrected chi connectivity index (χ4v) is 4.79. The Hall–Kier alpha value is -1.42. The minimum atomic E-state index is 0.205. The predicted molar refractivity (Wildman–Crippen MR) is 90.1 cm³/mol. The van der Waals surface area contributed by atoms with E-state index in [1.807, 2.05) is 12.3 Å². The number of aromatic nitrogens is 1. The summed E-state index contributed by atoms with van der Waals surface area (Å²) in [5.41, 5.74) is 1.23. The van der Waals surface area contributed by atoms with Crippen LogP contribution in [0.25, 0.3) is 0 Å². The molecular formula is C19H27N3O. The highest BCUT2D eigenvalue weighted by molar-refractivity contribution is 5.83. The van der Waals surface area contributed by atoms with Crippen LogP contribution in [-0.4, -0.2) is 52.4 Å². The van der Waals surface area contributed by atoms with Gasteiger partial charge >= 0.3 is 0 Å². The van der Waals surface area contributed by atoms with Gasteiger partial charge < -0.3 is 4.90 Å². The molecule has 1 aliphatic carbocycles. The Morgan fingerprint density at radius 1 is 1.26 bits per heavy atom. The zero-order valence-electron chi connectivity index (χ0n) is 14.0. The minimum Gasteiger partial charge on any atom is -0.338 e. The second-order valence-corrected chi connectivity index (χ2v) is 7.31. The first kappa shape index (κ1) is 15.1. The summed E-state index contributed by atoms with van der Waals surface area (Å²) < 4.78 is 0. The van der Waals surface area contributed by atoms with Gasteiger partial charge in [0, 0.05) is 36.9 Å². The Morgan fingerprint density at radius 3 is 2.87 bits per heavy atom. The molecule has 3 heterocycles. The van der Waals surface area contributed by atoms with Crippen LogP contribution in [0.2, 0.25) is 0 Å². The molecule has 4 heteroatoms. The molecule has 2 saturated heterocycles. The van der Waals surface area contributed by atoms with Gasteiger partial charge in [-0.3, -0.25) is 14.7 Å². The third kappa shape index (κ3) is 2.78. The quantitative estimate of drug-likeness (QED) is 0.857.